The Balaban J connectivity index is 2.30. The number of hydrogen-bond donors (Lipinski definition) is 1. The lowest BCUT2D eigenvalue weighted by Crippen LogP contribution is -2.39. The highest BCUT2D eigenvalue weighted by Gasteiger charge is 2.17. The first kappa shape index (κ1) is 18.0. The number of nitrogens with zero attached hydrogens (tertiary/aromatic N) is 4. The lowest BCUT2D eigenvalue weighted by atomic mass is 10.0. The van der Waals surface area contributed by atoms with E-state index in [0.717, 1.165) is 6.42 Å². The molecule has 1 unspecified atom stereocenters. The molecule has 24 heavy (non-hydrogen) atoms. The number of aliphatic hydroxyl groups is 1. The molecule has 0 fully saturated rings. The molecule has 0 radical (unpaired) electrons. The number of terminal acetylenes is 1. The van der Waals surface area contributed by atoms with Crippen LogP contribution < -0.4 is 11.2 Å². The highest BCUT2D eigenvalue weighted by Crippen LogP contribution is 2.12. The quantitative estimate of drug-likeness (QED) is 0.602. The summed E-state index contributed by atoms with van der Waals surface area (Å²) in [6.45, 7) is 4.56. The van der Waals surface area contributed by atoms with E-state index in [1.165, 1.54) is 9.13 Å². The Morgan fingerprint density at radius 2 is 2.04 bits per heavy atom. The second-order valence-corrected chi connectivity index (χ2v) is 6.28. The van der Waals surface area contributed by atoms with Gasteiger partial charge in [-0.1, -0.05) is 12.8 Å². The van der Waals surface area contributed by atoms with E-state index < -0.39 is 5.60 Å². The molecule has 2 rings (SSSR count). The van der Waals surface area contributed by atoms with Gasteiger partial charge in [0.25, 0.3) is 5.56 Å². The van der Waals surface area contributed by atoms with Gasteiger partial charge >= 0.3 is 5.69 Å². The smallest absolute Gasteiger partial charge is 0.332 e. The summed E-state index contributed by atoms with van der Waals surface area (Å²) in [5, 5.41) is 9.80. The third-order valence-electron chi connectivity index (χ3n) is 4.17. The van der Waals surface area contributed by atoms with Crippen LogP contribution in [0.4, 0.5) is 0 Å². The second kappa shape index (κ2) is 7.05. The first-order valence-electron chi connectivity index (χ1n) is 8.17. The van der Waals surface area contributed by atoms with Crippen molar-refractivity contribution in [1.82, 2.24) is 18.7 Å². The highest BCUT2D eigenvalue weighted by atomic mass is 16.3. The van der Waals surface area contributed by atoms with E-state index in [-0.39, 0.29) is 11.2 Å². The minimum Gasteiger partial charge on any atom is -0.378 e. The summed E-state index contributed by atoms with van der Waals surface area (Å²) in [5.74, 6) is 2.32. The Kier molecular flexibility index (Phi) is 5.30. The Morgan fingerprint density at radius 1 is 1.33 bits per heavy atom. The van der Waals surface area contributed by atoms with Crippen LogP contribution in [0.25, 0.3) is 11.2 Å². The van der Waals surface area contributed by atoms with Crippen molar-refractivity contribution in [2.75, 3.05) is 0 Å². The molecule has 1 atom stereocenters. The molecular weight excluding hydrogens is 308 g/mol. The SMILES string of the molecule is C#CC(C)(O)CCCCn1c(=O)c2c(ncn2CCC)n(C)c1=O. The predicted octanol–water partition coefficient (Wildman–Crippen LogP) is 0.861. The molecule has 0 aromatic carbocycles. The van der Waals surface area contributed by atoms with Crippen LogP contribution in [0.15, 0.2) is 15.9 Å². The molecule has 130 valence electrons. The largest absolute Gasteiger partial charge is 0.378 e. The van der Waals surface area contributed by atoms with Crippen molar-refractivity contribution in [3.8, 4) is 12.3 Å². The number of unbranched alkanes of at least 4 members (excludes halogenated alkanes) is 1. The van der Waals surface area contributed by atoms with E-state index in [9.17, 15) is 14.7 Å². The summed E-state index contributed by atoms with van der Waals surface area (Å²) < 4.78 is 4.43. The van der Waals surface area contributed by atoms with Crippen molar-refractivity contribution >= 4 is 11.2 Å². The van der Waals surface area contributed by atoms with E-state index in [2.05, 4.69) is 10.9 Å². The van der Waals surface area contributed by atoms with E-state index >= 15 is 0 Å². The zero-order valence-electron chi connectivity index (χ0n) is 14.4. The molecule has 0 bridgehead atoms. The van der Waals surface area contributed by atoms with Crippen molar-refractivity contribution < 1.29 is 5.11 Å². The number of fused-ring (bicyclic) bond motifs is 1. The predicted molar refractivity (Wildman–Crippen MR) is 92.8 cm³/mol. The minimum absolute atomic E-state index is 0.291. The van der Waals surface area contributed by atoms with Gasteiger partial charge in [0.1, 0.15) is 5.60 Å². The van der Waals surface area contributed by atoms with Crippen LogP contribution in [-0.4, -0.2) is 29.4 Å². The Hall–Kier alpha value is -2.33. The molecule has 0 spiro atoms. The van der Waals surface area contributed by atoms with Gasteiger partial charge in [0.05, 0.1) is 6.33 Å². The van der Waals surface area contributed by atoms with Gasteiger partial charge in [-0.15, -0.1) is 6.42 Å². The average Bonchev–Trinajstić information content (AvgIpc) is 2.96. The van der Waals surface area contributed by atoms with Crippen LogP contribution in [0.2, 0.25) is 0 Å². The first-order valence-corrected chi connectivity index (χ1v) is 8.17. The van der Waals surface area contributed by atoms with Crippen molar-refractivity contribution in [1.29, 1.82) is 0 Å². The monoisotopic (exact) mass is 332 g/mol. The number of aromatic nitrogens is 4. The summed E-state index contributed by atoms with van der Waals surface area (Å²) in [6, 6.07) is 0. The maximum atomic E-state index is 12.7. The third-order valence-corrected chi connectivity index (χ3v) is 4.17. The van der Waals surface area contributed by atoms with Gasteiger partial charge in [-0.3, -0.25) is 13.9 Å². The summed E-state index contributed by atoms with van der Waals surface area (Å²) in [5.41, 5.74) is -0.986. The molecule has 0 saturated carbocycles. The number of imidazole rings is 1. The third kappa shape index (κ3) is 3.44. The highest BCUT2D eigenvalue weighted by molar-refractivity contribution is 5.69. The van der Waals surface area contributed by atoms with Gasteiger partial charge in [-0.25, -0.2) is 9.78 Å². The van der Waals surface area contributed by atoms with Crippen molar-refractivity contribution in [2.45, 2.75) is 58.2 Å². The Labute approximate surface area is 140 Å². The minimum atomic E-state index is -1.15. The van der Waals surface area contributed by atoms with Crippen LogP contribution in [-0.2, 0) is 20.1 Å². The van der Waals surface area contributed by atoms with Gasteiger partial charge in [-0.2, -0.15) is 0 Å². The average molecular weight is 332 g/mol. The van der Waals surface area contributed by atoms with Crippen molar-refractivity contribution in [2.24, 2.45) is 7.05 Å². The maximum absolute atomic E-state index is 12.7. The normalized spacial score (nSPS) is 13.8. The molecular formula is C17H24N4O3. The molecule has 7 heteroatoms. The standard InChI is InChI=1S/C17H24N4O3/c1-5-10-20-12-18-14-13(20)15(22)21(16(23)19(14)4)11-8-7-9-17(3,24)6-2/h2,12,24H,5,7-11H2,1,3-4H3. The van der Waals surface area contributed by atoms with Crippen molar-refractivity contribution in [3.63, 3.8) is 0 Å². The summed E-state index contributed by atoms with van der Waals surface area (Å²) in [7, 11) is 1.62. The van der Waals surface area contributed by atoms with Crippen LogP contribution in [0.1, 0.15) is 39.5 Å². The van der Waals surface area contributed by atoms with E-state index in [1.54, 1.807) is 24.9 Å². The van der Waals surface area contributed by atoms with Gasteiger partial charge in [0, 0.05) is 20.1 Å². The van der Waals surface area contributed by atoms with Crippen LogP contribution >= 0.6 is 0 Å². The summed E-state index contributed by atoms with van der Waals surface area (Å²) >= 11 is 0. The molecule has 1 N–H and O–H groups in total. The molecule has 0 aliphatic heterocycles. The molecule has 0 aliphatic carbocycles. The topological polar surface area (TPSA) is 82.1 Å². The van der Waals surface area contributed by atoms with Gasteiger partial charge < -0.3 is 9.67 Å². The fourth-order valence-corrected chi connectivity index (χ4v) is 2.74. The lowest BCUT2D eigenvalue weighted by Gasteiger charge is -2.15. The summed E-state index contributed by atoms with van der Waals surface area (Å²) in [6.07, 6.45) is 9.35. The zero-order valence-corrected chi connectivity index (χ0v) is 14.4. The number of aryl methyl sites for hydroxylation is 2. The molecule has 2 aromatic heterocycles. The fourth-order valence-electron chi connectivity index (χ4n) is 2.74. The molecule has 7 nitrogen and oxygen atoms in total. The van der Waals surface area contributed by atoms with Crippen LogP contribution in [0, 0.1) is 12.3 Å². The van der Waals surface area contributed by atoms with Crippen molar-refractivity contribution in [3.05, 3.63) is 27.2 Å². The molecule has 0 amide bonds. The fraction of sp³-hybridized carbons (Fsp3) is 0.588. The van der Waals surface area contributed by atoms with Crippen LogP contribution in [0.3, 0.4) is 0 Å². The van der Waals surface area contributed by atoms with E-state index in [4.69, 9.17) is 6.42 Å². The Morgan fingerprint density at radius 3 is 2.67 bits per heavy atom. The number of rotatable bonds is 7. The molecule has 0 saturated heterocycles. The van der Waals surface area contributed by atoms with E-state index in [1.807, 2.05) is 6.92 Å². The van der Waals surface area contributed by atoms with Gasteiger partial charge in [-0.05, 0) is 32.6 Å². The zero-order chi connectivity index (χ0) is 17.9. The number of hydrogen-bond acceptors (Lipinski definition) is 4. The second-order valence-electron chi connectivity index (χ2n) is 6.28. The van der Waals surface area contributed by atoms with E-state index in [0.29, 0.717) is 43.5 Å². The molecule has 2 aromatic rings. The summed E-state index contributed by atoms with van der Waals surface area (Å²) in [4.78, 5) is 29.3. The molecule has 2 heterocycles. The van der Waals surface area contributed by atoms with Gasteiger partial charge in [0.15, 0.2) is 11.2 Å². The van der Waals surface area contributed by atoms with Crippen LogP contribution in [0.5, 0.6) is 0 Å². The Bertz CT molecular complexity index is 880. The first-order chi connectivity index (χ1) is 11.3. The van der Waals surface area contributed by atoms with Gasteiger partial charge in [0.2, 0.25) is 0 Å². The maximum Gasteiger partial charge on any atom is 0.332 e. The lowest BCUT2D eigenvalue weighted by molar-refractivity contribution is 0.109. The molecule has 0 aliphatic rings.